The van der Waals surface area contributed by atoms with Crippen molar-refractivity contribution >= 4 is 16.5 Å². The van der Waals surface area contributed by atoms with Crippen LogP contribution in [0.25, 0.3) is 0 Å². The van der Waals surface area contributed by atoms with Crippen LogP contribution in [-0.2, 0) is 0 Å². The van der Waals surface area contributed by atoms with E-state index >= 15 is 0 Å². The van der Waals surface area contributed by atoms with E-state index in [4.69, 9.17) is 0 Å². The maximum atomic E-state index is 12.9. The van der Waals surface area contributed by atoms with E-state index in [1.165, 1.54) is 5.56 Å². The summed E-state index contributed by atoms with van der Waals surface area (Å²) in [5, 5.41) is 3.19. The van der Waals surface area contributed by atoms with Gasteiger partial charge in [-0.1, -0.05) is 12.1 Å². The molecule has 0 N–H and O–H groups in total. The molecule has 18 heavy (non-hydrogen) atoms. The molecule has 4 heteroatoms. The summed E-state index contributed by atoms with van der Waals surface area (Å²) >= 11 is 1.70. The number of nitrogens with zero attached hydrogens (tertiary/aromatic N) is 2. The van der Waals surface area contributed by atoms with Crippen LogP contribution in [0.4, 0.5) is 9.52 Å². The molecule has 1 atom stereocenters. The highest BCUT2D eigenvalue weighted by Crippen LogP contribution is 2.32. The van der Waals surface area contributed by atoms with Crippen molar-refractivity contribution < 1.29 is 4.39 Å². The smallest absolute Gasteiger partial charge is 0.185 e. The summed E-state index contributed by atoms with van der Waals surface area (Å²) in [6, 6.07) is 6.89. The van der Waals surface area contributed by atoms with Crippen LogP contribution in [0.3, 0.4) is 0 Å². The van der Waals surface area contributed by atoms with Crippen LogP contribution in [0.2, 0.25) is 0 Å². The summed E-state index contributed by atoms with van der Waals surface area (Å²) in [5.41, 5.74) is 2.31. The van der Waals surface area contributed by atoms with Gasteiger partial charge in [0.2, 0.25) is 0 Å². The summed E-state index contributed by atoms with van der Waals surface area (Å²) in [6.45, 7) is 4.04. The molecule has 2 aromatic rings. The number of benzene rings is 1. The Bertz CT molecular complexity index is 535. The zero-order valence-electron chi connectivity index (χ0n) is 10.3. The Morgan fingerprint density at radius 2 is 2.11 bits per heavy atom. The van der Waals surface area contributed by atoms with Gasteiger partial charge in [0.25, 0.3) is 0 Å². The maximum Gasteiger partial charge on any atom is 0.185 e. The average Bonchev–Trinajstić information content (AvgIpc) is 2.98. The van der Waals surface area contributed by atoms with Gasteiger partial charge in [-0.05, 0) is 31.0 Å². The Labute approximate surface area is 110 Å². The average molecular weight is 262 g/mol. The van der Waals surface area contributed by atoms with Crippen LogP contribution in [0, 0.1) is 12.7 Å². The van der Waals surface area contributed by atoms with E-state index in [0.717, 1.165) is 30.3 Å². The Balaban J connectivity index is 1.73. The van der Waals surface area contributed by atoms with E-state index in [0.29, 0.717) is 5.92 Å². The molecule has 1 aromatic carbocycles. The minimum Gasteiger partial charge on any atom is -0.347 e. The van der Waals surface area contributed by atoms with Crippen molar-refractivity contribution in [3.63, 3.8) is 0 Å². The van der Waals surface area contributed by atoms with E-state index < -0.39 is 0 Å². The van der Waals surface area contributed by atoms with Crippen molar-refractivity contribution in [2.75, 3.05) is 18.0 Å². The van der Waals surface area contributed by atoms with Gasteiger partial charge in [-0.3, -0.25) is 0 Å². The number of anilines is 1. The number of thiazole rings is 1. The maximum absolute atomic E-state index is 12.9. The lowest BCUT2D eigenvalue weighted by molar-refractivity contribution is 0.625. The molecule has 1 aliphatic heterocycles. The number of hydrogen-bond acceptors (Lipinski definition) is 3. The summed E-state index contributed by atoms with van der Waals surface area (Å²) in [4.78, 5) is 6.84. The third-order valence-corrected chi connectivity index (χ3v) is 4.43. The molecule has 0 radical (unpaired) electrons. The molecule has 0 bridgehead atoms. The molecule has 3 rings (SSSR count). The van der Waals surface area contributed by atoms with E-state index in [1.54, 1.807) is 23.5 Å². The van der Waals surface area contributed by atoms with Gasteiger partial charge < -0.3 is 4.90 Å². The third kappa shape index (κ3) is 2.25. The molecule has 2 nitrogen and oxygen atoms in total. The second kappa shape index (κ2) is 4.69. The fraction of sp³-hybridized carbons (Fsp3) is 0.357. The van der Waals surface area contributed by atoms with E-state index in [-0.39, 0.29) is 5.82 Å². The van der Waals surface area contributed by atoms with Gasteiger partial charge in [0.1, 0.15) is 5.82 Å². The quantitative estimate of drug-likeness (QED) is 0.822. The second-order valence-corrected chi connectivity index (χ2v) is 5.59. The van der Waals surface area contributed by atoms with Gasteiger partial charge in [-0.15, -0.1) is 11.3 Å². The molecule has 94 valence electrons. The predicted octanol–water partition coefficient (Wildman–Crippen LogP) is 3.58. The van der Waals surface area contributed by atoms with Gasteiger partial charge in [0.05, 0.1) is 5.69 Å². The lowest BCUT2D eigenvalue weighted by atomic mass is 9.99. The predicted molar refractivity (Wildman–Crippen MR) is 72.8 cm³/mol. The molecule has 1 fully saturated rings. The Morgan fingerprint density at radius 1 is 1.33 bits per heavy atom. The highest BCUT2D eigenvalue weighted by molar-refractivity contribution is 7.13. The monoisotopic (exact) mass is 262 g/mol. The van der Waals surface area contributed by atoms with Crippen LogP contribution in [0.5, 0.6) is 0 Å². The fourth-order valence-electron chi connectivity index (χ4n) is 2.43. The van der Waals surface area contributed by atoms with E-state index in [2.05, 4.69) is 15.3 Å². The zero-order valence-corrected chi connectivity index (χ0v) is 11.1. The van der Waals surface area contributed by atoms with Gasteiger partial charge in [0, 0.05) is 24.4 Å². The summed E-state index contributed by atoms with van der Waals surface area (Å²) < 4.78 is 12.9. The summed E-state index contributed by atoms with van der Waals surface area (Å²) in [6.07, 6.45) is 1.12. The molecule has 1 aliphatic rings. The van der Waals surface area contributed by atoms with Gasteiger partial charge in [-0.25, -0.2) is 9.37 Å². The van der Waals surface area contributed by atoms with Crippen molar-refractivity contribution in [3.8, 4) is 0 Å². The molecule has 1 aromatic heterocycles. The zero-order chi connectivity index (χ0) is 12.5. The third-order valence-electron chi connectivity index (χ3n) is 3.41. The standard InChI is InChI=1S/C14H15FN2S/c1-10-9-18-14(16-10)17-7-6-12(8-17)11-2-4-13(15)5-3-11/h2-5,9,12H,6-8H2,1H3/t12-/m0/s1. The van der Waals surface area contributed by atoms with Crippen molar-refractivity contribution in [2.45, 2.75) is 19.3 Å². The minimum atomic E-state index is -0.163. The Kier molecular flexibility index (Phi) is 3.04. The van der Waals surface area contributed by atoms with Crippen molar-refractivity contribution in [1.82, 2.24) is 4.98 Å². The molecular formula is C14H15FN2S. The van der Waals surface area contributed by atoms with E-state index in [9.17, 15) is 4.39 Å². The highest BCUT2D eigenvalue weighted by atomic mass is 32.1. The van der Waals surface area contributed by atoms with Crippen molar-refractivity contribution in [2.24, 2.45) is 0 Å². The number of aryl methyl sites for hydroxylation is 1. The minimum absolute atomic E-state index is 0.163. The molecule has 0 unspecified atom stereocenters. The SMILES string of the molecule is Cc1csc(N2CC[C@H](c3ccc(F)cc3)C2)n1. The van der Waals surface area contributed by atoms with Gasteiger partial charge in [-0.2, -0.15) is 0 Å². The Morgan fingerprint density at radius 3 is 2.78 bits per heavy atom. The molecule has 2 heterocycles. The second-order valence-electron chi connectivity index (χ2n) is 4.75. The first-order valence-electron chi connectivity index (χ1n) is 6.15. The van der Waals surface area contributed by atoms with Gasteiger partial charge >= 0.3 is 0 Å². The van der Waals surface area contributed by atoms with Crippen molar-refractivity contribution in [1.29, 1.82) is 0 Å². The molecular weight excluding hydrogens is 247 g/mol. The highest BCUT2D eigenvalue weighted by Gasteiger charge is 2.25. The van der Waals surface area contributed by atoms with Crippen LogP contribution in [0.1, 0.15) is 23.6 Å². The van der Waals surface area contributed by atoms with Crippen LogP contribution < -0.4 is 4.90 Å². The first kappa shape index (κ1) is 11.7. The lowest BCUT2D eigenvalue weighted by Gasteiger charge is -2.15. The number of aromatic nitrogens is 1. The normalized spacial score (nSPS) is 19.4. The largest absolute Gasteiger partial charge is 0.347 e. The first-order chi connectivity index (χ1) is 8.72. The molecule has 0 aliphatic carbocycles. The molecule has 1 saturated heterocycles. The number of rotatable bonds is 2. The molecule has 0 amide bonds. The van der Waals surface area contributed by atoms with Crippen LogP contribution in [0.15, 0.2) is 29.6 Å². The number of halogens is 1. The lowest BCUT2D eigenvalue weighted by Crippen LogP contribution is -2.18. The summed E-state index contributed by atoms with van der Waals surface area (Å²) in [7, 11) is 0. The summed E-state index contributed by atoms with van der Waals surface area (Å²) in [5.74, 6) is 0.332. The number of hydrogen-bond donors (Lipinski definition) is 0. The molecule has 0 saturated carbocycles. The van der Waals surface area contributed by atoms with Crippen LogP contribution >= 0.6 is 11.3 Å². The topological polar surface area (TPSA) is 16.1 Å². The Hall–Kier alpha value is -1.42. The fourth-order valence-corrected chi connectivity index (χ4v) is 3.27. The van der Waals surface area contributed by atoms with Gasteiger partial charge in [0.15, 0.2) is 5.13 Å². The van der Waals surface area contributed by atoms with Crippen molar-refractivity contribution in [3.05, 3.63) is 46.7 Å². The molecule has 0 spiro atoms. The van der Waals surface area contributed by atoms with Crippen LogP contribution in [-0.4, -0.2) is 18.1 Å². The van der Waals surface area contributed by atoms with E-state index in [1.807, 2.05) is 19.1 Å². The first-order valence-corrected chi connectivity index (χ1v) is 7.03.